The number of hydrogen-bond acceptors (Lipinski definition) is 4. The number of benzene rings is 3. The number of nitrogens with zero attached hydrogens (tertiary/aromatic N) is 1. The van der Waals surface area contributed by atoms with Crippen LogP contribution in [-0.2, 0) is 13.1 Å². The highest BCUT2D eigenvalue weighted by Gasteiger charge is 2.18. The van der Waals surface area contributed by atoms with Gasteiger partial charge in [-0.25, -0.2) is 4.39 Å². The van der Waals surface area contributed by atoms with Crippen molar-refractivity contribution in [1.82, 2.24) is 0 Å². The fourth-order valence-corrected chi connectivity index (χ4v) is 3.79. The van der Waals surface area contributed by atoms with Gasteiger partial charge in [-0.1, -0.05) is 24.3 Å². The number of Topliss-reactive ketones (excluding diaryl/α,β-unsaturated/α-hetero) is 1. The topological polar surface area (TPSA) is 38.8 Å². The zero-order valence-corrected chi connectivity index (χ0v) is 18.7. The van der Waals surface area contributed by atoms with E-state index in [9.17, 15) is 4.79 Å². The highest BCUT2D eigenvalue weighted by molar-refractivity contribution is 9.10. The number of ether oxygens (including phenoxy) is 2. The van der Waals surface area contributed by atoms with Crippen LogP contribution >= 0.6 is 15.9 Å². The third-order valence-electron chi connectivity index (χ3n) is 4.82. The van der Waals surface area contributed by atoms with Crippen LogP contribution in [-0.4, -0.2) is 20.0 Å². The van der Waals surface area contributed by atoms with Crippen molar-refractivity contribution in [2.45, 2.75) is 20.0 Å². The van der Waals surface area contributed by atoms with E-state index in [1.54, 1.807) is 20.3 Å². The van der Waals surface area contributed by atoms with E-state index >= 15 is 4.39 Å². The van der Waals surface area contributed by atoms with Crippen molar-refractivity contribution in [3.05, 3.63) is 87.6 Å². The SMILES string of the molecule is COc1ccc(CN(Cc2ccc(OC)cc2)c2cc(Br)c(C(C)=O)cc2F)cc1. The smallest absolute Gasteiger partial charge is 0.161 e. The van der Waals surface area contributed by atoms with Crippen LogP contribution in [0.5, 0.6) is 11.5 Å². The summed E-state index contributed by atoms with van der Waals surface area (Å²) in [6, 6.07) is 18.3. The number of carbonyl (C=O) groups excluding carboxylic acids is 1. The van der Waals surface area contributed by atoms with Crippen LogP contribution in [0.4, 0.5) is 10.1 Å². The molecule has 0 radical (unpaired) electrons. The number of rotatable bonds is 8. The number of halogens is 2. The molecule has 0 aliphatic rings. The Labute approximate surface area is 184 Å². The van der Waals surface area contributed by atoms with Gasteiger partial charge in [-0.15, -0.1) is 0 Å². The maximum absolute atomic E-state index is 15.0. The molecule has 0 aromatic heterocycles. The van der Waals surface area contributed by atoms with Crippen LogP contribution in [0, 0.1) is 5.82 Å². The molecule has 156 valence electrons. The molecule has 0 fully saturated rings. The van der Waals surface area contributed by atoms with Gasteiger partial charge in [0.1, 0.15) is 17.3 Å². The van der Waals surface area contributed by atoms with E-state index < -0.39 is 5.82 Å². The molecule has 0 saturated heterocycles. The first-order chi connectivity index (χ1) is 14.4. The number of carbonyl (C=O) groups is 1. The van der Waals surface area contributed by atoms with Crippen LogP contribution in [0.3, 0.4) is 0 Å². The van der Waals surface area contributed by atoms with Gasteiger partial charge in [-0.2, -0.15) is 0 Å². The molecule has 0 saturated carbocycles. The molecular formula is C24H23BrFNO3. The lowest BCUT2D eigenvalue weighted by Crippen LogP contribution is -2.23. The molecule has 0 aliphatic carbocycles. The van der Waals surface area contributed by atoms with Gasteiger partial charge in [0.15, 0.2) is 5.78 Å². The molecule has 0 N–H and O–H groups in total. The summed E-state index contributed by atoms with van der Waals surface area (Å²) in [5, 5.41) is 0. The largest absolute Gasteiger partial charge is 0.497 e. The van der Waals surface area contributed by atoms with E-state index in [0.717, 1.165) is 22.6 Å². The molecule has 0 amide bonds. The van der Waals surface area contributed by atoms with Gasteiger partial charge in [-0.3, -0.25) is 4.79 Å². The Morgan fingerprint density at radius 3 is 1.77 bits per heavy atom. The molecule has 6 heteroatoms. The minimum absolute atomic E-state index is 0.191. The van der Waals surface area contributed by atoms with Gasteiger partial charge < -0.3 is 14.4 Å². The predicted octanol–water partition coefficient (Wildman–Crippen LogP) is 6.01. The number of methoxy groups -OCH3 is 2. The quantitative estimate of drug-likeness (QED) is 0.376. The summed E-state index contributed by atoms with van der Waals surface area (Å²) in [5.41, 5.74) is 2.76. The van der Waals surface area contributed by atoms with Crippen molar-refractivity contribution in [2.75, 3.05) is 19.1 Å². The summed E-state index contributed by atoms with van der Waals surface area (Å²) in [4.78, 5) is 13.7. The second-order valence-electron chi connectivity index (χ2n) is 6.89. The first-order valence-corrected chi connectivity index (χ1v) is 10.2. The standard InChI is InChI=1S/C24H23BrFNO3/c1-16(28)21-12-23(26)24(13-22(21)25)27(14-17-4-8-19(29-2)9-5-17)15-18-6-10-20(30-3)11-7-18/h4-13H,14-15H2,1-3H3. The molecule has 0 atom stereocenters. The fraction of sp³-hybridized carbons (Fsp3) is 0.208. The average Bonchev–Trinajstić information content (AvgIpc) is 2.75. The van der Waals surface area contributed by atoms with Gasteiger partial charge in [0.25, 0.3) is 0 Å². The monoisotopic (exact) mass is 471 g/mol. The van der Waals surface area contributed by atoms with Crippen LogP contribution in [0.15, 0.2) is 65.1 Å². The van der Waals surface area contributed by atoms with Crippen molar-refractivity contribution in [1.29, 1.82) is 0 Å². The lowest BCUT2D eigenvalue weighted by Gasteiger charge is -2.26. The molecule has 4 nitrogen and oxygen atoms in total. The Bertz CT molecular complexity index is 970. The Hall–Kier alpha value is -2.86. The van der Waals surface area contributed by atoms with E-state index in [1.807, 2.05) is 53.4 Å². The molecule has 3 aromatic carbocycles. The van der Waals surface area contributed by atoms with E-state index in [1.165, 1.54) is 13.0 Å². The summed E-state index contributed by atoms with van der Waals surface area (Å²) < 4.78 is 26.0. The lowest BCUT2D eigenvalue weighted by molar-refractivity contribution is 0.101. The summed E-state index contributed by atoms with van der Waals surface area (Å²) in [7, 11) is 3.24. The first kappa shape index (κ1) is 21.8. The van der Waals surface area contributed by atoms with Crippen LogP contribution < -0.4 is 14.4 Å². The van der Waals surface area contributed by atoms with Gasteiger partial charge in [0.05, 0.1) is 19.9 Å². The van der Waals surface area contributed by atoms with Gasteiger partial charge >= 0.3 is 0 Å². The van der Waals surface area contributed by atoms with E-state index in [2.05, 4.69) is 15.9 Å². The molecule has 30 heavy (non-hydrogen) atoms. The minimum Gasteiger partial charge on any atom is -0.497 e. The Kier molecular flexibility index (Phi) is 7.11. The zero-order valence-electron chi connectivity index (χ0n) is 17.1. The lowest BCUT2D eigenvalue weighted by atomic mass is 10.1. The Morgan fingerprint density at radius 2 is 1.37 bits per heavy atom. The maximum atomic E-state index is 15.0. The molecule has 0 bridgehead atoms. The molecule has 0 unspecified atom stereocenters. The summed E-state index contributed by atoms with van der Waals surface area (Å²) >= 11 is 3.41. The predicted molar refractivity (Wildman–Crippen MR) is 120 cm³/mol. The Balaban J connectivity index is 1.97. The van der Waals surface area contributed by atoms with E-state index in [4.69, 9.17) is 9.47 Å². The summed E-state index contributed by atoms with van der Waals surface area (Å²) in [6.07, 6.45) is 0. The van der Waals surface area contributed by atoms with Crippen LogP contribution in [0.25, 0.3) is 0 Å². The molecule has 0 heterocycles. The van der Waals surface area contributed by atoms with E-state index in [-0.39, 0.29) is 5.78 Å². The van der Waals surface area contributed by atoms with Crippen molar-refractivity contribution >= 4 is 27.4 Å². The van der Waals surface area contributed by atoms with Crippen molar-refractivity contribution in [3.8, 4) is 11.5 Å². The summed E-state index contributed by atoms with van der Waals surface area (Å²) in [5.74, 6) is 0.898. The third-order valence-corrected chi connectivity index (χ3v) is 5.48. The highest BCUT2D eigenvalue weighted by atomic mass is 79.9. The normalized spacial score (nSPS) is 10.6. The minimum atomic E-state index is -0.439. The number of ketones is 1. The van der Waals surface area contributed by atoms with Crippen molar-refractivity contribution < 1.29 is 18.7 Å². The molecule has 0 aliphatic heterocycles. The van der Waals surface area contributed by atoms with Gasteiger partial charge in [0.2, 0.25) is 0 Å². The van der Waals surface area contributed by atoms with Crippen LogP contribution in [0.1, 0.15) is 28.4 Å². The third kappa shape index (κ3) is 5.19. The number of hydrogen-bond donors (Lipinski definition) is 0. The fourth-order valence-electron chi connectivity index (χ4n) is 3.18. The zero-order chi connectivity index (χ0) is 21.7. The first-order valence-electron chi connectivity index (χ1n) is 9.42. The molecular weight excluding hydrogens is 449 g/mol. The Morgan fingerprint density at radius 1 is 0.900 bits per heavy atom. The molecule has 3 rings (SSSR count). The molecule has 0 spiro atoms. The van der Waals surface area contributed by atoms with Gasteiger partial charge in [0, 0.05) is 23.1 Å². The molecule has 3 aromatic rings. The second kappa shape index (κ2) is 9.76. The second-order valence-corrected chi connectivity index (χ2v) is 7.75. The summed E-state index contributed by atoms with van der Waals surface area (Å²) in [6.45, 7) is 2.39. The van der Waals surface area contributed by atoms with Crippen molar-refractivity contribution in [2.24, 2.45) is 0 Å². The highest BCUT2D eigenvalue weighted by Crippen LogP contribution is 2.31. The van der Waals surface area contributed by atoms with E-state index in [0.29, 0.717) is 28.8 Å². The van der Waals surface area contributed by atoms with Gasteiger partial charge in [-0.05, 0) is 70.4 Å². The average molecular weight is 472 g/mol. The maximum Gasteiger partial charge on any atom is 0.161 e. The van der Waals surface area contributed by atoms with Crippen LogP contribution in [0.2, 0.25) is 0 Å². The number of anilines is 1. The van der Waals surface area contributed by atoms with Crippen molar-refractivity contribution in [3.63, 3.8) is 0 Å².